The van der Waals surface area contributed by atoms with E-state index in [4.69, 9.17) is 10.5 Å². The van der Waals surface area contributed by atoms with Crippen LogP contribution in [0.25, 0.3) is 0 Å². The summed E-state index contributed by atoms with van der Waals surface area (Å²) in [5.74, 6) is 0.743. The summed E-state index contributed by atoms with van der Waals surface area (Å²) in [6.07, 6.45) is 2.86. The number of nitrogen functional groups attached to an aromatic ring is 1. The fourth-order valence-electron chi connectivity index (χ4n) is 1.71. The molecule has 0 bridgehead atoms. The molecule has 0 atom stereocenters. The van der Waals surface area contributed by atoms with Crippen molar-refractivity contribution >= 4 is 22.7 Å². The van der Waals surface area contributed by atoms with Crippen molar-refractivity contribution in [1.82, 2.24) is 4.98 Å². The average Bonchev–Trinajstić information content (AvgIpc) is 2.82. The van der Waals surface area contributed by atoms with Gasteiger partial charge >= 0.3 is 0 Å². The minimum Gasteiger partial charge on any atom is -0.491 e. The van der Waals surface area contributed by atoms with Crippen molar-refractivity contribution in [3.05, 3.63) is 34.3 Å². The zero-order valence-corrected chi connectivity index (χ0v) is 12.1. The first-order chi connectivity index (χ1) is 9.20. The molecule has 0 saturated heterocycles. The number of rotatable bonds is 6. The molecule has 2 aromatic rings. The Bertz CT molecular complexity index is 539. The Kier molecular flexibility index (Phi) is 4.63. The maximum absolute atomic E-state index is 6.09. The van der Waals surface area contributed by atoms with Gasteiger partial charge in [0.25, 0.3) is 0 Å². The van der Waals surface area contributed by atoms with Crippen LogP contribution in [0.5, 0.6) is 5.75 Å². The summed E-state index contributed by atoms with van der Waals surface area (Å²) in [7, 11) is 0. The maximum atomic E-state index is 6.09. The summed E-state index contributed by atoms with van der Waals surface area (Å²) in [6, 6.07) is 5.80. The number of ether oxygens (including phenoxy) is 1. The normalized spacial score (nSPS) is 10.4. The number of nitrogens with two attached hydrogens (primary N) is 1. The smallest absolute Gasteiger partial charge is 0.144 e. The molecule has 0 aliphatic heterocycles. The third-order valence-electron chi connectivity index (χ3n) is 2.65. The van der Waals surface area contributed by atoms with E-state index in [1.165, 1.54) is 4.88 Å². The van der Waals surface area contributed by atoms with Crippen molar-refractivity contribution in [1.29, 1.82) is 0 Å². The minimum absolute atomic E-state index is 0.664. The summed E-state index contributed by atoms with van der Waals surface area (Å²) in [5, 5.41) is 4.40. The molecule has 0 aliphatic carbocycles. The van der Waals surface area contributed by atoms with Crippen LogP contribution in [-0.2, 0) is 6.54 Å². The Morgan fingerprint density at radius 1 is 1.42 bits per heavy atom. The van der Waals surface area contributed by atoms with Gasteiger partial charge in [-0.15, -0.1) is 11.3 Å². The summed E-state index contributed by atoms with van der Waals surface area (Å²) < 4.78 is 5.61. The first-order valence-electron chi connectivity index (χ1n) is 6.37. The van der Waals surface area contributed by atoms with E-state index in [-0.39, 0.29) is 0 Å². The molecule has 1 aromatic heterocycles. The molecular weight excluding hydrogens is 258 g/mol. The second-order valence-corrected chi connectivity index (χ2v) is 5.58. The van der Waals surface area contributed by atoms with Gasteiger partial charge in [0.15, 0.2) is 0 Å². The number of thiazole rings is 1. The zero-order valence-electron chi connectivity index (χ0n) is 11.3. The van der Waals surface area contributed by atoms with E-state index in [0.29, 0.717) is 12.3 Å². The van der Waals surface area contributed by atoms with Crippen LogP contribution >= 0.6 is 11.3 Å². The SMILES string of the molecule is CCCOc1cccc(NCc2cnc(C)s2)c1N. The number of nitrogens with zero attached hydrogens (tertiary/aromatic N) is 1. The fourth-order valence-corrected chi connectivity index (χ4v) is 2.44. The second-order valence-electron chi connectivity index (χ2n) is 4.26. The van der Waals surface area contributed by atoms with Crippen LogP contribution in [0.2, 0.25) is 0 Å². The number of hydrogen-bond acceptors (Lipinski definition) is 5. The van der Waals surface area contributed by atoms with E-state index in [1.54, 1.807) is 11.3 Å². The lowest BCUT2D eigenvalue weighted by Gasteiger charge is -2.13. The Hall–Kier alpha value is -1.75. The standard InChI is InChI=1S/C14H19N3OS/c1-3-7-18-13-6-4-5-12(14(13)15)17-9-11-8-16-10(2)19-11/h4-6,8,17H,3,7,9,15H2,1-2H3. The number of nitrogens with one attached hydrogen (secondary N) is 1. The molecule has 1 heterocycles. The minimum atomic E-state index is 0.664. The number of hydrogen-bond donors (Lipinski definition) is 2. The first kappa shape index (κ1) is 13.7. The van der Waals surface area contributed by atoms with Crippen molar-refractivity contribution in [2.45, 2.75) is 26.8 Å². The van der Waals surface area contributed by atoms with Crippen molar-refractivity contribution in [2.24, 2.45) is 0 Å². The monoisotopic (exact) mass is 277 g/mol. The number of para-hydroxylation sites is 1. The molecule has 0 unspecified atom stereocenters. The van der Waals surface area contributed by atoms with Crippen LogP contribution in [0.15, 0.2) is 24.4 Å². The summed E-state index contributed by atoms with van der Waals surface area (Å²) >= 11 is 1.69. The van der Waals surface area contributed by atoms with E-state index in [1.807, 2.05) is 31.3 Å². The number of benzene rings is 1. The topological polar surface area (TPSA) is 60.2 Å². The lowest BCUT2D eigenvalue weighted by molar-refractivity contribution is 0.319. The molecular formula is C14H19N3OS. The highest BCUT2D eigenvalue weighted by molar-refractivity contribution is 7.11. The Labute approximate surface area is 117 Å². The Morgan fingerprint density at radius 3 is 2.95 bits per heavy atom. The van der Waals surface area contributed by atoms with Crippen molar-refractivity contribution < 1.29 is 4.74 Å². The van der Waals surface area contributed by atoms with Gasteiger partial charge in [0.05, 0.1) is 29.5 Å². The van der Waals surface area contributed by atoms with E-state index < -0.39 is 0 Å². The highest BCUT2D eigenvalue weighted by Crippen LogP contribution is 2.30. The van der Waals surface area contributed by atoms with Gasteiger partial charge in [-0.05, 0) is 25.5 Å². The third kappa shape index (κ3) is 3.61. The first-order valence-corrected chi connectivity index (χ1v) is 7.18. The van der Waals surface area contributed by atoms with Crippen molar-refractivity contribution in [2.75, 3.05) is 17.7 Å². The van der Waals surface area contributed by atoms with Crippen LogP contribution in [0, 0.1) is 6.92 Å². The molecule has 1 aromatic carbocycles. The van der Waals surface area contributed by atoms with Gasteiger partial charge in [-0.3, -0.25) is 0 Å². The molecule has 0 aliphatic rings. The molecule has 102 valence electrons. The average molecular weight is 277 g/mol. The van der Waals surface area contributed by atoms with Gasteiger partial charge in [0.2, 0.25) is 0 Å². The quantitative estimate of drug-likeness (QED) is 0.794. The third-order valence-corrected chi connectivity index (χ3v) is 3.56. The molecule has 0 spiro atoms. The lowest BCUT2D eigenvalue weighted by atomic mass is 10.2. The molecule has 0 fully saturated rings. The summed E-state index contributed by atoms with van der Waals surface area (Å²) in [6.45, 7) is 5.49. The fraction of sp³-hybridized carbons (Fsp3) is 0.357. The number of aryl methyl sites for hydroxylation is 1. The van der Waals surface area contributed by atoms with Gasteiger partial charge in [-0.25, -0.2) is 4.98 Å². The van der Waals surface area contributed by atoms with Gasteiger partial charge in [-0.2, -0.15) is 0 Å². The van der Waals surface area contributed by atoms with E-state index in [0.717, 1.165) is 29.4 Å². The molecule has 3 N–H and O–H groups in total. The van der Waals surface area contributed by atoms with Crippen LogP contribution in [0.3, 0.4) is 0 Å². The summed E-state index contributed by atoms with van der Waals surface area (Å²) in [4.78, 5) is 5.42. The van der Waals surface area contributed by atoms with Gasteiger partial charge in [0, 0.05) is 11.1 Å². The molecule has 5 heteroatoms. The maximum Gasteiger partial charge on any atom is 0.144 e. The highest BCUT2D eigenvalue weighted by Gasteiger charge is 2.06. The van der Waals surface area contributed by atoms with E-state index >= 15 is 0 Å². The summed E-state index contributed by atoms with van der Waals surface area (Å²) in [5.41, 5.74) is 7.66. The van der Waals surface area contributed by atoms with Crippen molar-refractivity contribution in [3.8, 4) is 5.75 Å². The zero-order chi connectivity index (χ0) is 13.7. The van der Waals surface area contributed by atoms with Gasteiger partial charge in [0.1, 0.15) is 5.75 Å². The lowest BCUT2D eigenvalue weighted by Crippen LogP contribution is -2.04. The van der Waals surface area contributed by atoms with Crippen LogP contribution in [-0.4, -0.2) is 11.6 Å². The Morgan fingerprint density at radius 2 is 2.26 bits per heavy atom. The molecule has 0 saturated carbocycles. The van der Waals surface area contributed by atoms with E-state index in [2.05, 4.69) is 17.2 Å². The van der Waals surface area contributed by atoms with Gasteiger partial charge in [-0.1, -0.05) is 13.0 Å². The largest absolute Gasteiger partial charge is 0.491 e. The predicted molar refractivity (Wildman–Crippen MR) is 80.8 cm³/mol. The van der Waals surface area contributed by atoms with Gasteiger partial charge < -0.3 is 15.8 Å². The number of anilines is 2. The van der Waals surface area contributed by atoms with Crippen LogP contribution < -0.4 is 15.8 Å². The second kappa shape index (κ2) is 6.43. The molecule has 0 amide bonds. The van der Waals surface area contributed by atoms with Crippen molar-refractivity contribution in [3.63, 3.8) is 0 Å². The highest BCUT2D eigenvalue weighted by atomic mass is 32.1. The van der Waals surface area contributed by atoms with E-state index in [9.17, 15) is 0 Å². The Balaban J connectivity index is 2.03. The molecule has 0 radical (unpaired) electrons. The molecule has 2 rings (SSSR count). The van der Waals surface area contributed by atoms with Crippen LogP contribution in [0.4, 0.5) is 11.4 Å². The predicted octanol–water partition coefficient (Wildman–Crippen LogP) is 3.43. The van der Waals surface area contributed by atoms with Crippen LogP contribution in [0.1, 0.15) is 23.2 Å². The number of aromatic nitrogens is 1. The molecule has 19 heavy (non-hydrogen) atoms. The molecule has 4 nitrogen and oxygen atoms in total.